The maximum atomic E-state index is 12.0. The zero-order chi connectivity index (χ0) is 19.0. The lowest BCUT2D eigenvalue weighted by Gasteiger charge is -2.16. The van der Waals surface area contributed by atoms with Gasteiger partial charge in [-0.15, -0.1) is 0 Å². The Labute approximate surface area is 154 Å². The van der Waals surface area contributed by atoms with Gasteiger partial charge in [-0.2, -0.15) is 0 Å². The lowest BCUT2D eigenvalue weighted by Crippen LogP contribution is -2.28. The molecule has 0 radical (unpaired) electrons. The van der Waals surface area contributed by atoms with Gasteiger partial charge in [0.15, 0.2) is 11.9 Å². The van der Waals surface area contributed by atoms with Crippen LogP contribution in [0, 0.1) is 0 Å². The molecule has 0 saturated carbocycles. The van der Waals surface area contributed by atoms with Gasteiger partial charge in [-0.05, 0) is 12.1 Å². The van der Waals surface area contributed by atoms with Gasteiger partial charge in [-0.3, -0.25) is 9.78 Å². The van der Waals surface area contributed by atoms with E-state index < -0.39 is 12.0 Å². The second-order valence-electron chi connectivity index (χ2n) is 6.34. The van der Waals surface area contributed by atoms with Gasteiger partial charge < -0.3 is 19.5 Å². The number of aromatic nitrogens is 4. The minimum atomic E-state index is -1.26. The zero-order valence-electron chi connectivity index (χ0n) is 14.7. The van der Waals surface area contributed by atoms with Gasteiger partial charge >= 0.3 is 0 Å². The van der Waals surface area contributed by atoms with Crippen LogP contribution in [0.1, 0.15) is 11.7 Å². The Morgan fingerprint density at radius 1 is 1.22 bits per heavy atom. The van der Waals surface area contributed by atoms with Crippen LogP contribution in [0.4, 0.5) is 0 Å². The van der Waals surface area contributed by atoms with Crippen molar-refractivity contribution in [2.24, 2.45) is 0 Å². The monoisotopic (exact) mass is 363 g/mol. The molecule has 0 fully saturated rings. The lowest BCUT2D eigenvalue weighted by atomic mass is 10.0. The Kier molecular flexibility index (Phi) is 4.17. The molecule has 4 aromatic heterocycles. The topological polar surface area (TPSA) is 108 Å². The van der Waals surface area contributed by atoms with Crippen LogP contribution < -0.4 is 0 Å². The second-order valence-corrected chi connectivity index (χ2v) is 6.34. The summed E-state index contributed by atoms with van der Waals surface area (Å²) in [5, 5.41) is 14.9. The van der Waals surface area contributed by atoms with Crippen molar-refractivity contribution in [1.29, 1.82) is 0 Å². The molecule has 1 unspecified atom stereocenters. The number of nitrogens with zero attached hydrogens (tertiary/aromatic N) is 4. The molecule has 0 aliphatic heterocycles. The Balaban J connectivity index is 1.75. The molecular formula is C19H17N5O3. The highest BCUT2D eigenvalue weighted by Gasteiger charge is 2.20. The van der Waals surface area contributed by atoms with Crippen molar-refractivity contribution in [3.8, 4) is 22.5 Å². The second kappa shape index (κ2) is 6.65. The van der Waals surface area contributed by atoms with Crippen molar-refractivity contribution < 1.29 is 14.4 Å². The van der Waals surface area contributed by atoms with Crippen LogP contribution in [0.15, 0.2) is 53.7 Å². The van der Waals surface area contributed by atoms with Crippen LogP contribution in [0.5, 0.6) is 0 Å². The Hall–Kier alpha value is -3.52. The fraction of sp³-hybridized carbons (Fsp3) is 0.158. The highest BCUT2D eigenvalue weighted by atomic mass is 16.5. The molecule has 8 heteroatoms. The SMILES string of the molecule is CN(C)C(=O)C(O)c1cncc(-c2cnc3[nH]cc(-c4ccno4)c3c2)c1. The van der Waals surface area contributed by atoms with Gasteiger partial charge in [-0.25, -0.2) is 4.98 Å². The van der Waals surface area contributed by atoms with E-state index in [2.05, 4.69) is 20.1 Å². The summed E-state index contributed by atoms with van der Waals surface area (Å²) in [6, 6.07) is 5.47. The van der Waals surface area contributed by atoms with E-state index >= 15 is 0 Å². The molecule has 1 amide bonds. The van der Waals surface area contributed by atoms with E-state index in [1.807, 2.05) is 12.3 Å². The third-order valence-corrected chi connectivity index (χ3v) is 4.32. The molecule has 27 heavy (non-hydrogen) atoms. The molecule has 0 saturated heterocycles. The number of nitrogens with one attached hydrogen (secondary N) is 1. The van der Waals surface area contributed by atoms with Gasteiger partial charge in [0.25, 0.3) is 5.91 Å². The third kappa shape index (κ3) is 3.06. The predicted molar refractivity (Wildman–Crippen MR) is 98.5 cm³/mol. The number of pyridine rings is 2. The smallest absolute Gasteiger partial charge is 0.255 e. The summed E-state index contributed by atoms with van der Waals surface area (Å²) < 4.78 is 5.25. The Bertz CT molecular complexity index is 1100. The first-order chi connectivity index (χ1) is 13.0. The van der Waals surface area contributed by atoms with Crippen LogP contribution >= 0.6 is 0 Å². The zero-order valence-corrected chi connectivity index (χ0v) is 14.7. The summed E-state index contributed by atoms with van der Waals surface area (Å²) in [6.07, 6.45) is 7.00. The van der Waals surface area contributed by atoms with Crippen LogP contribution in [-0.4, -0.2) is 50.1 Å². The number of hydrogen-bond donors (Lipinski definition) is 2. The first kappa shape index (κ1) is 16.9. The molecule has 136 valence electrons. The Morgan fingerprint density at radius 2 is 2.04 bits per heavy atom. The highest BCUT2D eigenvalue weighted by Crippen LogP contribution is 2.31. The average molecular weight is 363 g/mol. The number of rotatable bonds is 4. The summed E-state index contributed by atoms with van der Waals surface area (Å²) in [4.78, 5) is 25.1. The predicted octanol–water partition coefficient (Wildman–Crippen LogP) is 2.40. The number of H-pyrrole nitrogens is 1. The van der Waals surface area contributed by atoms with E-state index in [9.17, 15) is 9.90 Å². The molecule has 2 N–H and O–H groups in total. The maximum absolute atomic E-state index is 12.0. The summed E-state index contributed by atoms with van der Waals surface area (Å²) in [5.41, 5.74) is 3.55. The van der Waals surface area contributed by atoms with E-state index in [4.69, 9.17) is 4.52 Å². The number of aliphatic hydroxyl groups is 1. The van der Waals surface area contributed by atoms with Crippen molar-refractivity contribution >= 4 is 16.9 Å². The molecule has 8 nitrogen and oxygen atoms in total. The van der Waals surface area contributed by atoms with E-state index in [0.29, 0.717) is 11.3 Å². The molecule has 4 rings (SSSR count). The molecule has 4 heterocycles. The van der Waals surface area contributed by atoms with Gasteiger partial charge in [0.05, 0.1) is 6.20 Å². The van der Waals surface area contributed by atoms with Gasteiger partial charge in [0.2, 0.25) is 0 Å². The number of aliphatic hydroxyl groups excluding tert-OH is 1. The highest BCUT2D eigenvalue weighted by molar-refractivity contribution is 5.94. The molecule has 1 atom stereocenters. The Morgan fingerprint density at radius 3 is 2.78 bits per heavy atom. The van der Waals surface area contributed by atoms with E-state index in [1.165, 1.54) is 11.1 Å². The molecule has 0 aromatic carbocycles. The minimum absolute atomic E-state index is 0.402. The quantitative estimate of drug-likeness (QED) is 0.576. The fourth-order valence-electron chi connectivity index (χ4n) is 2.87. The van der Waals surface area contributed by atoms with Crippen LogP contribution in [-0.2, 0) is 4.79 Å². The van der Waals surface area contributed by atoms with Crippen molar-refractivity contribution in [3.05, 3.63) is 54.7 Å². The van der Waals surface area contributed by atoms with Crippen molar-refractivity contribution in [2.45, 2.75) is 6.10 Å². The number of hydrogen-bond acceptors (Lipinski definition) is 6. The maximum Gasteiger partial charge on any atom is 0.255 e. The minimum Gasteiger partial charge on any atom is -0.378 e. The normalized spacial score (nSPS) is 12.3. The number of carbonyl (C=O) groups is 1. The van der Waals surface area contributed by atoms with Gasteiger partial charge in [-0.1, -0.05) is 5.16 Å². The molecule has 0 aliphatic carbocycles. The van der Waals surface area contributed by atoms with Crippen LogP contribution in [0.2, 0.25) is 0 Å². The summed E-state index contributed by atoms with van der Waals surface area (Å²) in [5.74, 6) is 0.236. The summed E-state index contributed by atoms with van der Waals surface area (Å²) in [7, 11) is 3.19. The standard InChI is InChI=1S/C19H17N5O3/c1-24(2)19(26)17(25)13-5-11(7-20-8-13)12-6-14-15(16-3-4-23-27-16)10-22-18(14)21-9-12/h3-10,17,25H,1-2H3,(H,21,22). The summed E-state index contributed by atoms with van der Waals surface area (Å²) in [6.45, 7) is 0. The van der Waals surface area contributed by atoms with Crippen molar-refractivity contribution in [3.63, 3.8) is 0 Å². The first-order valence-electron chi connectivity index (χ1n) is 8.27. The average Bonchev–Trinajstić information content (AvgIpc) is 3.35. The molecular weight excluding hydrogens is 346 g/mol. The fourth-order valence-corrected chi connectivity index (χ4v) is 2.87. The van der Waals surface area contributed by atoms with Crippen LogP contribution in [0.3, 0.4) is 0 Å². The van der Waals surface area contributed by atoms with E-state index in [1.54, 1.807) is 44.8 Å². The van der Waals surface area contributed by atoms with E-state index in [0.717, 1.165) is 27.7 Å². The largest absolute Gasteiger partial charge is 0.378 e. The van der Waals surface area contributed by atoms with Crippen molar-refractivity contribution in [2.75, 3.05) is 14.1 Å². The lowest BCUT2D eigenvalue weighted by molar-refractivity contribution is -0.137. The van der Waals surface area contributed by atoms with Gasteiger partial charge in [0, 0.05) is 72.6 Å². The molecule has 0 aliphatic rings. The number of carbonyl (C=O) groups excluding carboxylic acids is 1. The van der Waals surface area contributed by atoms with Crippen molar-refractivity contribution in [1.82, 2.24) is 25.0 Å². The summed E-state index contributed by atoms with van der Waals surface area (Å²) >= 11 is 0. The number of amides is 1. The van der Waals surface area contributed by atoms with Crippen LogP contribution in [0.25, 0.3) is 33.5 Å². The van der Waals surface area contributed by atoms with Gasteiger partial charge in [0.1, 0.15) is 5.65 Å². The van der Waals surface area contributed by atoms with E-state index in [-0.39, 0.29) is 0 Å². The third-order valence-electron chi connectivity index (χ3n) is 4.32. The first-order valence-corrected chi connectivity index (χ1v) is 8.27. The number of likely N-dealkylation sites (N-methyl/N-ethyl adjacent to an activating group) is 1. The number of fused-ring (bicyclic) bond motifs is 1. The molecule has 0 spiro atoms. The molecule has 0 bridgehead atoms. The molecule has 4 aromatic rings. The number of aromatic amines is 1.